The summed E-state index contributed by atoms with van der Waals surface area (Å²) in [7, 11) is 1.60. The first-order valence-corrected chi connectivity index (χ1v) is 9.49. The third-order valence-electron chi connectivity index (χ3n) is 4.11. The molecular weight excluding hydrogens is 409 g/mol. The average molecular weight is 425 g/mol. The predicted octanol–water partition coefficient (Wildman–Crippen LogP) is 3.32. The van der Waals surface area contributed by atoms with E-state index in [9.17, 15) is 9.18 Å². The number of methoxy groups -OCH3 is 1. The molecule has 0 aliphatic heterocycles. The van der Waals surface area contributed by atoms with Gasteiger partial charge in [-0.05, 0) is 42.5 Å². The number of anilines is 4. The normalized spacial score (nSPS) is 10.6. The summed E-state index contributed by atoms with van der Waals surface area (Å²) in [5.41, 5.74) is 12.5. The third kappa shape index (κ3) is 4.05. The topological polar surface area (TPSA) is 127 Å². The molecule has 4 aromatic rings. The van der Waals surface area contributed by atoms with E-state index in [0.717, 1.165) is 16.0 Å². The van der Waals surface area contributed by atoms with Crippen LogP contribution in [-0.4, -0.2) is 28.0 Å². The van der Waals surface area contributed by atoms with Crippen molar-refractivity contribution in [3.05, 3.63) is 60.2 Å². The molecule has 2 heterocycles. The highest BCUT2D eigenvalue weighted by Crippen LogP contribution is 2.32. The molecule has 0 saturated carbocycles. The van der Waals surface area contributed by atoms with Gasteiger partial charge >= 0.3 is 0 Å². The molecule has 5 N–H and O–H groups in total. The number of thiazole rings is 1. The molecule has 0 saturated heterocycles. The summed E-state index contributed by atoms with van der Waals surface area (Å²) in [6.45, 7) is 0. The largest absolute Gasteiger partial charge is 0.497 e. The second-order valence-electron chi connectivity index (χ2n) is 6.05. The molecule has 0 aliphatic carbocycles. The highest BCUT2D eigenvalue weighted by atomic mass is 32.1. The van der Waals surface area contributed by atoms with Crippen molar-refractivity contribution < 1.29 is 13.9 Å². The Hall–Kier alpha value is -3.99. The maximum atomic E-state index is 13.0. The number of nitrogens with zero attached hydrogens (tertiary/aromatic N) is 3. The van der Waals surface area contributed by atoms with Crippen LogP contribution in [0.3, 0.4) is 0 Å². The van der Waals surface area contributed by atoms with Crippen LogP contribution in [0.5, 0.6) is 5.75 Å². The summed E-state index contributed by atoms with van der Waals surface area (Å²) >= 11 is 1.41. The van der Waals surface area contributed by atoms with Crippen molar-refractivity contribution in [2.75, 3.05) is 23.6 Å². The average Bonchev–Trinajstić information content (AvgIpc) is 3.16. The molecule has 9 nitrogen and oxygen atoms in total. The fourth-order valence-electron chi connectivity index (χ4n) is 2.57. The lowest BCUT2D eigenvalue weighted by Crippen LogP contribution is -2.30. The zero-order valence-corrected chi connectivity index (χ0v) is 16.5. The number of aromatic nitrogens is 3. The number of carbonyl (C=O) groups is 1. The molecule has 0 fully saturated rings. The molecule has 0 unspecified atom stereocenters. The van der Waals surface area contributed by atoms with Crippen molar-refractivity contribution in [2.45, 2.75) is 0 Å². The van der Waals surface area contributed by atoms with Gasteiger partial charge in [-0.3, -0.25) is 15.6 Å². The lowest BCUT2D eigenvalue weighted by molar-refractivity contribution is 0.0962. The minimum absolute atomic E-state index is 0.189. The molecule has 0 aliphatic rings. The fraction of sp³-hybridized carbons (Fsp3) is 0.0526. The van der Waals surface area contributed by atoms with Crippen LogP contribution >= 0.6 is 11.3 Å². The molecule has 30 heavy (non-hydrogen) atoms. The van der Waals surface area contributed by atoms with E-state index in [4.69, 9.17) is 10.5 Å². The number of carbonyl (C=O) groups excluding carboxylic acids is 1. The minimum atomic E-state index is -0.470. The summed E-state index contributed by atoms with van der Waals surface area (Å²) in [5.74, 6) is 0.370. The highest BCUT2D eigenvalue weighted by Gasteiger charge is 2.13. The number of halogens is 1. The fourth-order valence-corrected chi connectivity index (χ4v) is 3.46. The lowest BCUT2D eigenvalue weighted by Gasteiger charge is -2.12. The third-order valence-corrected chi connectivity index (χ3v) is 5.04. The van der Waals surface area contributed by atoms with E-state index < -0.39 is 11.7 Å². The van der Waals surface area contributed by atoms with E-state index in [1.54, 1.807) is 7.11 Å². The molecule has 11 heteroatoms. The van der Waals surface area contributed by atoms with Gasteiger partial charge < -0.3 is 15.8 Å². The Morgan fingerprint density at radius 3 is 2.67 bits per heavy atom. The zero-order chi connectivity index (χ0) is 21.1. The van der Waals surface area contributed by atoms with Crippen LogP contribution in [0, 0.1) is 5.82 Å². The Balaban J connectivity index is 1.48. The van der Waals surface area contributed by atoms with Gasteiger partial charge in [-0.25, -0.2) is 19.3 Å². The molecule has 4 rings (SSSR count). The Morgan fingerprint density at radius 1 is 1.13 bits per heavy atom. The molecule has 2 aromatic carbocycles. The Bertz CT molecular complexity index is 1210. The van der Waals surface area contributed by atoms with E-state index in [2.05, 4.69) is 31.1 Å². The van der Waals surface area contributed by atoms with Crippen LogP contribution in [0.25, 0.3) is 10.2 Å². The number of nitrogens with one attached hydrogen (secondary N) is 3. The maximum absolute atomic E-state index is 13.0. The van der Waals surface area contributed by atoms with Gasteiger partial charge in [0, 0.05) is 5.56 Å². The van der Waals surface area contributed by atoms with Crippen LogP contribution in [0.4, 0.5) is 26.8 Å². The van der Waals surface area contributed by atoms with Crippen molar-refractivity contribution in [3.8, 4) is 5.75 Å². The molecular formula is C19H16FN7O2S. The van der Waals surface area contributed by atoms with Crippen molar-refractivity contribution in [2.24, 2.45) is 0 Å². The smallest absolute Gasteiger partial charge is 0.269 e. The number of amides is 1. The number of benzene rings is 2. The van der Waals surface area contributed by atoms with E-state index >= 15 is 0 Å². The molecule has 2 aromatic heterocycles. The van der Waals surface area contributed by atoms with Gasteiger partial charge in [0.05, 0.1) is 17.3 Å². The number of hydrogen-bond donors (Lipinski definition) is 4. The predicted molar refractivity (Wildman–Crippen MR) is 113 cm³/mol. The minimum Gasteiger partial charge on any atom is -0.497 e. The molecule has 152 valence electrons. The van der Waals surface area contributed by atoms with Gasteiger partial charge in [-0.15, -0.1) is 0 Å². The number of nitrogens with two attached hydrogens (primary N) is 1. The first-order valence-electron chi connectivity index (χ1n) is 8.67. The van der Waals surface area contributed by atoms with Crippen LogP contribution in [-0.2, 0) is 0 Å². The number of fused-ring (bicyclic) bond motifs is 1. The summed E-state index contributed by atoms with van der Waals surface area (Å²) in [6, 6.07) is 10.7. The number of hydrogen-bond acceptors (Lipinski definition) is 9. The van der Waals surface area contributed by atoms with Crippen molar-refractivity contribution in [3.63, 3.8) is 0 Å². The quantitative estimate of drug-likeness (QED) is 0.347. The number of hydrazine groups is 1. The monoisotopic (exact) mass is 425 g/mol. The number of ether oxygens (including phenoxy) is 1. The Labute approximate surface area is 174 Å². The van der Waals surface area contributed by atoms with Gasteiger partial charge in [0.15, 0.2) is 16.8 Å². The van der Waals surface area contributed by atoms with E-state index in [1.165, 1.54) is 41.9 Å². The van der Waals surface area contributed by atoms with E-state index in [1.807, 2.05) is 18.2 Å². The van der Waals surface area contributed by atoms with Crippen LogP contribution in [0.15, 0.2) is 48.8 Å². The Morgan fingerprint density at radius 2 is 1.90 bits per heavy atom. The molecule has 0 spiro atoms. The second kappa shape index (κ2) is 8.17. The summed E-state index contributed by atoms with van der Waals surface area (Å²) < 4.78 is 19.1. The van der Waals surface area contributed by atoms with Crippen molar-refractivity contribution in [1.29, 1.82) is 0 Å². The SMILES string of the molecule is COc1ccc2nc(Nc3ncnc(NNC(=O)c4ccc(F)cc4)c3N)sc2c1. The van der Waals surface area contributed by atoms with Gasteiger partial charge in [0.1, 0.15) is 23.6 Å². The van der Waals surface area contributed by atoms with Crippen LogP contribution < -0.4 is 26.6 Å². The molecule has 0 radical (unpaired) electrons. The summed E-state index contributed by atoms with van der Waals surface area (Å²) in [4.78, 5) is 24.8. The van der Waals surface area contributed by atoms with Gasteiger partial charge in [-0.1, -0.05) is 11.3 Å². The van der Waals surface area contributed by atoms with Crippen molar-refractivity contribution in [1.82, 2.24) is 20.4 Å². The van der Waals surface area contributed by atoms with Crippen LogP contribution in [0.2, 0.25) is 0 Å². The van der Waals surface area contributed by atoms with Crippen molar-refractivity contribution >= 4 is 49.9 Å². The second-order valence-corrected chi connectivity index (χ2v) is 7.08. The first-order chi connectivity index (χ1) is 14.5. The summed E-state index contributed by atoms with van der Waals surface area (Å²) in [5, 5.41) is 3.65. The van der Waals surface area contributed by atoms with E-state index in [-0.39, 0.29) is 17.1 Å². The molecule has 0 bridgehead atoms. The Kier molecular flexibility index (Phi) is 5.26. The van der Waals surface area contributed by atoms with E-state index in [0.29, 0.717) is 10.9 Å². The number of nitrogen functional groups attached to an aromatic ring is 1. The van der Waals surface area contributed by atoms with Gasteiger partial charge in [0.2, 0.25) is 0 Å². The molecule has 1 amide bonds. The zero-order valence-electron chi connectivity index (χ0n) is 15.6. The highest BCUT2D eigenvalue weighted by molar-refractivity contribution is 7.22. The lowest BCUT2D eigenvalue weighted by atomic mass is 10.2. The standard InChI is InChI=1S/C19H16FN7O2S/c1-29-12-6-7-13-14(8-12)30-19(24-13)25-16-15(21)17(23-9-22-16)26-27-18(28)10-2-4-11(20)5-3-10/h2-9H,21H2,1H3,(H,27,28)(H2,22,23,24,25,26). The summed E-state index contributed by atoms with van der Waals surface area (Å²) in [6.07, 6.45) is 1.29. The molecule has 0 atom stereocenters. The van der Waals surface area contributed by atoms with Gasteiger partial charge in [0.25, 0.3) is 5.91 Å². The van der Waals surface area contributed by atoms with Gasteiger partial charge in [-0.2, -0.15) is 0 Å². The first kappa shape index (κ1) is 19.3. The number of rotatable bonds is 6. The van der Waals surface area contributed by atoms with Crippen LogP contribution in [0.1, 0.15) is 10.4 Å². The maximum Gasteiger partial charge on any atom is 0.269 e.